The van der Waals surface area contributed by atoms with Gasteiger partial charge in [-0.25, -0.2) is 0 Å². The van der Waals surface area contributed by atoms with Crippen LogP contribution in [0.4, 0.5) is 0 Å². The van der Waals surface area contributed by atoms with Crippen molar-refractivity contribution in [3.63, 3.8) is 0 Å². The van der Waals surface area contributed by atoms with Crippen LogP contribution in [0.5, 0.6) is 0 Å². The van der Waals surface area contributed by atoms with E-state index in [0.29, 0.717) is 24.2 Å². The molecule has 2 unspecified atom stereocenters. The van der Waals surface area contributed by atoms with Crippen LogP contribution in [0.1, 0.15) is 46.0 Å². The zero-order valence-corrected chi connectivity index (χ0v) is 13.4. The number of amides is 1. The Morgan fingerprint density at radius 1 is 1.32 bits per heavy atom. The highest BCUT2D eigenvalue weighted by molar-refractivity contribution is 5.86. The van der Waals surface area contributed by atoms with E-state index >= 15 is 0 Å². The largest absolute Gasteiger partial charge is 0.481 e. The summed E-state index contributed by atoms with van der Waals surface area (Å²) in [6, 6.07) is -1.49. The van der Waals surface area contributed by atoms with Crippen LogP contribution < -0.4 is 11.1 Å². The highest BCUT2D eigenvalue weighted by atomic mass is 16.4. The molecule has 1 amide bonds. The van der Waals surface area contributed by atoms with Crippen LogP contribution in [0.3, 0.4) is 0 Å². The Kier molecular flexibility index (Phi) is 5.45. The van der Waals surface area contributed by atoms with Crippen LogP contribution in [0.25, 0.3) is 0 Å². The van der Waals surface area contributed by atoms with Gasteiger partial charge in [-0.1, -0.05) is 6.92 Å². The van der Waals surface area contributed by atoms with E-state index in [2.05, 4.69) is 12.2 Å². The summed E-state index contributed by atoms with van der Waals surface area (Å²) in [4.78, 5) is 22.4. The standard InChI is InChI=1S/C16H28N2O4/c1-8-10-3-4-11(5-10)12(8)6-14(19)9(2)18-16(22)13(17)7-15(20)21/h8-14,19H,3-7,17H2,1-2H3,(H,18,22)(H,20,21)/t8-,9+,10?,11?,12+,13-,14+/m0/s1. The molecule has 2 aliphatic carbocycles. The Morgan fingerprint density at radius 2 is 1.95 bits per heavy atom. The average molecular weight is 312 g/mol. The minimum absolute atomic E-state index is 0.405. The SMILES string of the molecule is C[C@@H](NC(=O)[C@@H](N)CC(=O)O)[C@H](O)C[C@H]1C2CCC(C2)[C@@H]1C. The number of fused-ring (bicyclic) bond motifs is 2. The second-order valence-electron chi connectivity index (χ2n) is 7.16. The molecule has 0 spiro atoms. The molecule has 0 saturated heterocycles. The van der Waals surface area contributed by atoms with Gasteiger partial charge in [0.15, 0.2) is 0 Å². The molecule has 2 saturated carbocycles. The molecule has 0 heterocycles. The fraction of sp³-hybridized carbons (Fsp3) is 0.875. The van der Waals surface area contributed by atoms with Crippen LogP contribution in [-0.4, -0.2) is 40.3 Å². The third-order valence-corrected chi connectivity index (χ3v) is 5.73. The third-order valence-electron chi connectivity index (χ3n) is 5.73. The number of carboxylic acid groups (broad SMARTS) is 1. The summed E-state index contributed by atoms with van der Waals surface area (Å²) < 4.78 is 0. The van der Waals surface area contributed by atoms with Crippen molar-refractivity contribution in [1.82, 2.24) is 5.32 Å². The first-order chi connectivity index (χ1) is 10.3. The maximum atomic E-state index is 11.8. The molecule has 6 nitrogen and oxygen atoms in total. The van der Waals surface area contributed by atoms with Crippen molar-refractivity contribution >= 4 is 11.9 Å². The zero-order valence-electron chi connectivity index (χ0n) is 13.4. The average Bonchev–Trinajstić information content (AvgIpc) is 3.01. The van der Waals surface area contributed by atoms with Gasteiger partial charge in [0.2, 0.25) is 5.91 Å². The van der Waals surface area contributed by atoms with Crippen LogP contribution in [0, 0.1) is 23.7 Å². The van der Waals surface area contributed by atoms with E-state index in [1.165, 1.54) is 19.3 Å². The summed E-state index contributed by atoms with van der Waals surface area (Å²) in [6.07, 6.45) is 3.53. The van der Waals surface area contributed by atoms with Gasteiger partial charge in [0, 0.05) is 0 Å². The number of rotatable bonds is 7. The Morgan fingerprint density at radius 3 is 2.50 bits per heavy atom. The van der Waals surface area contributed by atoms with Crippen LogP contribution in [0.15, 0.2) is 0 Å². The van der Waals surface area contributed by atoms with Gasteiger partial charge >= 0.3 is 5.97 Å². The van der Waals surface area contributed by atoms with Crippen molar-refractivity contribution in [3.8, 4) is 0 Å². The van der Waals surface area contributed by atoms with Gasteiger partial charge in [-0.15, -0.1) is 0 Å². The third kappa shape index (κ3) is 3.79. The minimum atomic E-state index is -1.10. The van der Waals surface area contributed by atoms with Gasteiger partial charge in [0.1, 0.15) is 0 Å². The van der Waals surface area contributed by atoms with Crippen LogP contribution in [0.2, 0.25) is 0 Å². The Balaban J connectivity index is 1.81. The molecule has 22 heavy (non-hydrogen) atoms. The van der Waals surface area contributed by atoms with Crippen molar-refractivity contribution in [1.29, 1.82) is 0 Å². The molecule has 2 bridgehead atoms. The van der Waals surface area contributed by atoms with Crippen LogP contribution in [-0.2, 0) is 9.59 Å². The van der Waals surface area contributed by atoms with E-state index in [0.717, 1.165) is 5.92 Å². The maximum Gasteiger partial charge on any atom is 0.305 e. The lowest BCUT2D eigenvalue weighted by molar-refractivity contribution is -0.139. The summed E-state index contributed by atoms with van der Waals surface area (Å²) in [5, 5.41) is 21.7. The summed E-state index contributed by atoms with van der Waals surface area (Å²) in [5.41, 5.74) is 5.53. The topological polar surface area (TPSA) is 113 Å². The van der Waals surface area contributed by atoms with Crippen LogP contribution >= 0.6 is 0 Å². The number of aliphatic carboxylic acids is 1. The molecule has 0 aliphatic heterocycles. The number of nitrogens with two attached hydrogens (primary N) is 1. The lowest BCUT2D eigenvalue weighted by Crippen LogP contribution is -2.49. The molecule has 6 heteroatoms. The first-order valence-corrected chi connectivity index (χ1v) is 8.25. The van der Waals surface area contributed by atoms with Gasteiger partial charge in [-0.3, -0.25) is 9.59 Å². The molecule has 0 aromatic rings. The van der Waals surface area contributed by atoms with Crippen molar-refractivity contribution in [2.45, 2.75) is 64.1 Å². The van der Waals surface area contributed by atoms with Gasteiger partial charge in [-0.2, -0.15) is 0 Å². The van der Waals surface area contributed by atoms with E-state index in [-0.39, 0.29) is 0 Å². The number of carbonyl (C=O) groups is 2. The van der Waals surface area contributed by atoms with E-state index in [4.69, 9.17) is 10.8 Å². The lowest BCUT2D eigenvalue weighted by atomic mass is 9.77. The number of carbonyl (C=O) groups excluding carboxylic acids is 1. The van der Waals surface area contributed by atoms with E-state index < -0.39 is 36.5 Å². The molecule has 126 valence electrons. The van der Waals surface area contributed by atoms with E-state index in [1.807, 2.05) is 0 Å². The molecule has 7 atom stereocenters. The second kappa shape index (κ2) is 6.96. The van der Waals surface area contributed by atoms with E-state index in [9.17, 15) is 14.7 Å². The molecular weight excluding hydrogens is 284 g/mol. The monoisotopic (exact) mass is 312 g/mol. The van der Waals surface area contributed by atoms with Crippen molar-refractivity contribution in [2.24, 2.45) is 29.4 Å². The predicted octanol–water partition coefficient (Wildman–Crippen LogP) is 0.726. The molecule has 5 N–H and O–H groups in total. The molecule has 0 aromatic carbocycles. The predicted molar refractivity (Wildman–Crippen MR) is 81.9 cm³/mol. The fourth-order valence-corrected chi connectivity index (χ4v) is 4.30. The minimum Gasteiger partial charge on any atom is -0.481 e. The Hall–Kier alpha value is -1.14. The second-order valence-corrected chi connectivity index (χ2v) is 7.16. The Bertz CT molecular complexity index is 426. The highest BCUT2D eigenvalue weighted by Gasteiger charge is 2.45. The van der Waals surface area contributed by atoms with Gasteiger partial charge < -0.3 is 21.3 Å². The maximum absolute atomic E-state index is 11.8. The van der Waals surface area contributed by atoms with Gasteiger partial charge in [0.05, 0.1) is 24.6 Å². The number of hydrogen-bond donors (Lipinski definition) is 4. The summed E-state index contributed by atoms with van der Waals surface area (Å²) in [7, 11) is 0. The van der Waals surface area contributed by atoms with Gasteiger partial charge in [0.25, 0.3) is 0 Å². The first-order valence-electron chi connectivity index (χ1n) is 8.25. The molecule has 2 aliphatic rings. The number of aliphatic hydroxyl groups excluding tert-OH is 1. The molecular formula is C16H28N2O4. The van der Waals surface area contributed by atoms with Crippen molar-refractivity contribution in [3.05, 3.63) is 0 Å². The van der Waals surface area contributed by atoms with Crippen molar-refractivity contribution in [2.75, 3.05) is 0 Å². The molecule has 2 fully saturated rings. The highest BCUT2D eigenvalue weighted by Crippen LogP contribution is 2.53. The summed E-state index contributed by atoms with van der Waals surface area (Å²) in [6.45, 7) is 4.02. The lowest BCUT2D eigenvalue weighted by Gasteiger charge is -2.32. The molecule has 0 radical (unpaired) electrons. The normalized spacial score (nSPS) is 34.2. The first kappa shape index (κ1) is 17.2. The number of hydrogen-bond acceptors (Lipinski definition) is 4. The number of nitrogens with one attached hydrogen (secondary N) is 1. The number of aliphatic hydroxyl groups is 1. The summed E-state index contributed by atoms with van der Waals surface area (Å²) in [5.74, 6) is 1.07. The fourth-order valence-electron chi connectivity index (χ4n) is 4.30. The molecule has 2 rings (SSSR count). The number of carboxylic acids is 1. The summed E-state index contributed by atoms with van der Waals surface area (Å²) >= 11 is 0. The van der Waals surface area contributed by atoms with E-state index in [1.54, 1.807) is 6.92 Å². The molecule has 0 aromatic heterocycles. The Labute approximate surface area is 131 Å². The smallest absolute Gasteiger partial charge is 0.305 e. The quantitative estimate of drug-likeness (QED) is 0.553. The van der Waals surface area contributed by atoms with Gasteiger partial charge in [-0.05, 0) is 56.3 Å². The zero-order chi connectivity index (χ0) is 16.4. The van der Waals surface area contributed by atoms with Crippen molar-refractivity contribution < 1.29 is 19.8 Å².